The summed E-state index contributed by atoms with van der Waals surface area (Å²) in [6.45, 7) is 1.63. The fourth-order valence-electron chi connectivity index (χ4n) is 1.02. The zero-order chi connectivity index (χ0) is 13.1. The van der Waals surface area contributed by atoms with Crippen LogP contribution >= 0.6 is 12.4 Å². The molecule has 1 aromatic rings. The Hall–Kier alpha value is -1.41. The van der Waals surface area contributed by atoms with Gasteiger partial charge >= 0.3 is 12.1 Å². The van der Waals surface area contributed by atoms with Crippen molar-refractivity contribution in [1.82, 2.24) is 9.97 Å². The number of carbonyl (C=O) groups is 1. The molecular formula is C9H11ClF3N3O2. The van der Waals surface area contributed by atoms with Gasteiger partial charge in [0.2, 0.25) is 0 Å². The van der Waals surface area contributed by atoms with Crippen LogP contribution in [0.4, 0.5) is 13.2 Å². The first-order chi connectivity index (χ1) is 7.86. The molecule has 102 valence electrons. The Balaban J connectivity index is 0.00000289. The lowest BCUT2D eigenvalue weighted by Crippen LogP contribution is -2.26. The molecule has 5 nitrogen and oxygen atoms in total. The standard InChI is InChI=1S/C9H10F3N3O2.ClH/c1-2-17-8(16)6(13)7-14-4-3-5(15-7)9(10,11)12;/h3-4,6H,2,13H2,1H3;1H. The molecule has 1 rings (SSSR count). The number of esters is 1. The molecule has 1 heterocycles. The first kappa shape index (κ1) is 16.6. The van der Waals surface area contributed by atoms with E-state index >= 15 is 0 Å². The van der Waals surface area contributed by atoms with Crippen molar-refractivity contribution in [3.8, 4) is 0 Å². The number of aromatic nitrogens is 2. The van der Waals surface area contributed by atoms with Crippen LogP contribution in [0.2, 0.25) is 0 Å². The van der Waals surface area contributed by atoms with Crippen LogP contribution in [0.15, 0.2) is 12.3 Å². The number of hydrogen-bond acceptors (Lipinski definition) is 5. The molecule has 0 bridgehead atoms. The molecule has 0 radical (unpaired) electrons. The summed E-state index contributed by atoms with van der Waals surface area (Å²) in [5.74, 6) is -1.29. The molecule has 9 heteroatoms. The summed E-state index contributed by atoms with van der Waals surface area (Å²) in [6.07, 6.45) is -3.71. The van der Waals surface area contributed by atoms with Crippen molar-refractivity contribution in [2.45, 2.75) is 19.1 Å². The number of rotatable bonds is 3. The largest absolute Gasteiger partial charge is 0.464 e. The zero-order valence-corrected chi connectivity index (χ0v) is 10.1. The maximum absolute atomic E-state index is 12.3. The Morgan fingerprint density at radius 1 is 1.56 bits per heavy atom. The van der Waals surface area contributed by atoms with Crippen molar-refractivity contribution in [3.63, 3.8) is 0 Å². The van der Waals surface area contributed by atoms with Gasteiger partial charge in [-0.15, -0.1) is 12.4 Å². The van der Waals surface area contributed by atoms with Gasteiger partial charge in [0.05, 0.1) is 6.61 Å². The third-order valence-corrected chi connectivity index (χ3v) is 1.78. The van der Waals surface area contributed by atoms with Gasteiger partial charge in [0.25, 0.3) is 0 Å². The average Bonchev–Trinajstić information content (AvgIpc) is 2.27. The highest BCUT2D eigenvalue weighted by atomic mass is 35.5. The molecule has 2 N–H and O–H groups in total. The van der Waals surface area contributed by atoms with Crippen molar-refractivity contribution < 1.29 is 22.7 Å². The van der Waals surface area contributed by atoms with Crippen LogP contribution in [0.1, 0.15) is 24.5 Å². The Morgan fingerprint density at radius 2 is 2.17 bits per heavy atom. The number of alkyl halides is 3. The summed E-state index contributed by atoms with van der Waals surface area (Å²) in [5, 5.41) is 0. The van der Waals surface area contributed by atoms with Gasteiger partial charge in [-0.1, -0.05) is 0 Å². The molecule has 18 heavy (non-hydrogen) atoms. The number of ether oxygens (including phenoxy) is 1. The van der Waals surface area contributed by atoms with Crippen molar-refractivity contribution >= 4 is 18.4 Å². The predicted octanol–water partition coefficient (Wildman–Crippen LogP) is 1.48. The van der Waals surface area contributed by atoms with E-state index in [2.05, 4.69) is 14.7 Å². The minimum atomic E-state index is -4.61. The summed E-state index contributed by atoms with van der Waals surface area (Å²) in [6, 6.07) is -0.723. The topological polar surface area (TPSA) is 78.1 Å². The molecule has 0 aliphatic rings. The van der Waals surface area contributed by atoms with E-state index < -0.39 is 29.7 Å². The van der Waals surface area contributed by atoms with E-state index in [0.29, 0.717) is 6.07 Å². The van der Waals surface area contributed by atoms with Gasteiger partial charge in [0.15, 0.2) is 11.9 Å². The van der Waals surface area contributed by atoms with Crippen LogP contribution in [0.25, 0.3) is 0 Å². The summed E-state index contributed by atoms with van der Waals surface area (Å²) < 4.78 is 41.6. The Labute approximate surface area is 107 Å². The Morgan fingerprint density at radius 3 is 2.67 bits per heavy atom. The zero-order valence-electron chi connectivity index (χ0n) is 9.27. The van der Waals surface area contributed by atoms with E-state index in [1.54, 1.807) is 6.92 Å². The Bertz CT molecular complexity index is 414. The summed E-state index contributed by atoms with van der Waals surface area (Å²) in [4.78, 5) is 17.9. The van der Waals surface area contributed by atoms with Gasteiger partial charge in [0, 0.05) is 6.20 Å². The first-order valence-electron chi connectivity index (χ1n) is 4.68. The van der Waals surface area contributed by atoms with Crippen molar-refractivity contribution in [3.05, 3.63) is 23.8 Å². The van der Waals surface area contributed by atoms with Gasteiger partial charge in [-0.25, -0.2) is 14.8 Å². The number of carbonyl (C=O) groups excluding carboxylic acids is 1. The van der Waals surface area contributed by atoms with Crippen molar-refractivity contribution in [2.75, 3.05) is 6.61 Å². The van der Waals surface area contributed by atoms with E-state index in [4.69, 9.17) is 5.73 Å². The van der Waals surface area contributed by atoms with Crippen LogP contribution in [0.5, 0.6) is 0 Å². The van der Waals surface area contributed by atoms with E-state index in [0.717, 1.165) is 6.20 Å². The van der Waals surface area contributed by atoms with E-state index in [1.807, 2.05) is 0 Å². The second-order valence-electron chi connectivity index (χ2n) is 3.03. The smallest absolute Gasteiger partial charge is 0.433 e. The van der Waals surface area contributed by atoms with Crippen molar-refractivity contribution in [2.24, 2.45) is 5.73 Å². The SMILES string of the molecule is CCOC(=O)C(N)c1nccc(C(F)(F)F)n1.Cl. The fraction of sp³-hybridized carbons (Fsp3) is 0.444. The maximum Gasteiger partial charge on any atom is 0.433 e. The van der Waals surface area contributed by atoms with Gasteiger partial charge in [-0.3, -0.25) is 0 Å². The average molecular weight is 286 g/mol. The number of halogens is 4. The quantitative estimate of drug-likeness (QED) is 0.851. The lowest BCUT2D eigenvalue weighted by molar-refractivity contribution is -0.146. The minimum Gasteiger partial charge on any atom is -0.464 e. The molecule has 0 spiro atoms. The highest BCUT2D eigenvalue weighted by molar-refractivity contribution is 5.85. The summed E-state index contributed by atoms with van der Waals surface area (Å²) in [7, 11) is 0. The van der Waals surface area contributed by atoms with Crippen molar-refractivity contribution in [1.29, 1.82) is 0 Å². The number of nitrogens with two attached hydrogens (primary N) is 1. The second kappa shape index (κ2) is 6.50. The number of hydrogen-bond donors (Lipinski definition) is 1. The lowest BCUT2D eigenvalue weighted by atomic mass is 10.3. The third kappa shape index (κ3) is 4.11. The maximum atomic E-state index is 12.3. The molecule has 1 unspecified atom stereocenters. The normalized spacial score (nSPS) is 12.5. The van der Waals surface area contributed by atoms with Gasteiger partial charge < -0.3 is 10.5 Å². The fourth-order valence-corrected chi connectivity index (χ4v) is 1.02. The molecule has 0 aromatic carbocycles. The van der Waals surface area contributed by atoms with E-state index in [1.165, 1.54) is 0 Å². The lowest BCUT2D eigenvalue weighted by Gasteiger charge is -2.11. The molecule has 0 aliphatic carbocycles. The van der Waals surface area contributed by atoms with Crippen LogP contribution in [0, 0.1) is 0 Å². The third-order valence-electron chi connectivity index (χ3n) is 1.78. The number of nitrogens with zero attached hydrogens (tertiary/aromatic N) is 2. The van der Waals surface area contributed by atoms with Crippen LogP contribution in [-0.2, 0) is 15.7 Å². The molecule has 1 aromatic heterocycles. The molecule has 0 saturated carbocycles. The van der Waals surface area contributed by atoms with Gasteiger partial charge in [0.1, 0.15) is 5.69 Å². The Kier molecular flexibility index (Phi) is 5.99. The summed E-state index contributed by atoms with van der Waals surface area (Å²) >= 11 is 0. The minimum absolute atomic E-state index is 0. The molecular weight excluding hydrogens is 275 g/mol. The highest BCUT2D eigenvalue weighted by Gasteiger charge is 2.33. The van der Waals surface area contributed by atoms with Crippen LogP contribution in [-0.4, -0.2) is 22.5 Å². The highest BCUT2D eigenvalue weighted by Crippen LogP contribution is 2.27. The molecule has 0 aliphatic heterocycles. The molecule has 0 saturated heterocycles. The van der Waals surface area contributed by atoms with Gasteiger partial charge in [-0.2, -0.15) is 13.2 Å². The first-order valence-corrected chi connectivity index (χ1v) is 4.68. The molecule has 0 fully saturated rings. The second-order valence-corrected chi connectivity index (χ2v) is 3.03. The van der Waals surface area contributed by atoms with Crippen LogP contribution in [0.3, 0.4) is 0 Å². The molecule has 0 amide bonds. The summed E-state index contributed by atoms with van der Waals surface area (Å²) in [5.41, 5.74) is 4.22. The monoisotopic (exact) mass is 285 g/mol. The van der Waals surface area contributed by atoms with E-state index in [9.17, 15) is 18.0 Å². The van der Waals surface area contributed by atoms with Crippen LogP contribution < -0.4 is 5.73 Å². The van der Waals surface area contributed by atoms with E-state index in [-0.39, 0.29) is 19.0 Å². The molecule has 1 atom stereocenters. The predicted molar refractivity (Wildman–Crippen MR) is 57.8 cm³/mol. The van der Waals surface area contributed by atoms with Gasteiger partial charge in [-0.05, 0) is 13.0 Å².